The zero-order chi connectivity index (χ0) is 10.0. The number of aromatic carboxylic acids is 1. The highest BCUT2D eigenvalue weighted by molar-refractivity contribution is 7.98. The number of carbonyl (C=O) groups is 1. The quantitative estimate of drug-likeness (QED) is 0.566. The van der Waals surface area contributed by atoms with Crippen molar-refractivity contribution in [3.8, 4) is 0 Å². The van der Waals surface area contributed by atoms with Gasteiger partial charge in [-0.3, -0.25) is 0 Å². The molecule has 1 rings (SSSR count). The summed E-state index contributed by atoms with van der Waals surface area (Å²) in [4.78, 5) is 11.0. The van der Waals surface area contributed by atoms with Gasteiger partial charge in [0.2, 0.25) is 0 Å². The molecule has 0 atom stereocenters. The number of nitrogens with two attached hydrogens (primary N) is 1. The van der Waals surface area contributed by atoms with Crippen LogP contribution in [0.3, 0.4) is 0 Å². The van der Waals surface area contributed by atoms with Crippen LogP contribution in [-0.4, -0.2) is 17.3 Å². The van der Waals surface area contributed by atoms with Gasteiger partial charge >= 0.3 is 5.97 Å². The first-order valence-corrected chi connectivity index (χ1v) is 4.65. The SMILES string of the molecule is CSc1cc(F)c(C(=O)O)cc1N. The normalized spacial score (nSPS) is 10.0. The molecule has 0 saturated carbocycles. The number of carboxylic acids is 1. The van der Waals surface area contributed by atoms with Gasteiger partial charge in [0.1, 0.15) is 5.82 Å². The van der Waals surface area contributed by atoms with E-state index < -0.39 is 17.3 Å². The second kappa shape index (κ2) is 3.66. The smallest absolute Gasteiger partial charge is 0.338 e. The minimum Gasteiger partial charge on any atom is -0.478 e. The molecule has 0 unspecified atom stereocenters. The molecule has 3 nitrogen and oxygen atoms in total. The van der Waals surface area contributed by atoms with Crippen molar-refractivity contribution in [1.29, 1.82) is 0 Å². The van der Waals surface area contributed by atoms with Gasteiger partial charge in [0.25, 0.3) is 0 Å². The van der Waals surface area contributed by atoms with Gasteiger partial charge in [-0.2, -0.15) is 0 Å². The molecule has 13 heavy (non-hydrogen) atoms. The van der Waals surface area contributed by atoms with Crippen LogP contribution < -0.4 is 5.73 Å². The number of anilines is 1. The van der Waals surface area contributed by atoms with E-state index in [0.29, 0.717) is 4.90 Å². The maximum absolute atomic E-state index is 13.0. The third-order valence-electron chi connectivity index (χ3n) is 1.55. The molecule has 0 aliphatic heterocycles. The van der Waals surface area contributed by atoms with Gasteiger partial charge in [0.15, 0.2) is 0 Å². The molecule has 3 N–H and O–H groups in total. The molecule has 0 saturated heterocycles. The number of hydrogen-bond donors (Lipinski definition) is 2. The van der Waals surface area contributed by atoms with Gasteiger partial charge in [0.05, 0.1) is 5.56 Å². The summed E-state index contributed by atoms with van der Waals surface area (Å²) in [6, 6.07) is 2.26. The molecule has 0 bridgehead atoms. The van der Waals surface area contributed by atoms with Gasteiger partial charge < -0.3 is 10.8 Å². The van der Waals surface area contributed by atoms with Crippen molar-refractivity contribution < 1.29 is 14.3 Å². The Morgan fingerprint density at radius 1 is 1.62 bits per heavy atom. The van der Waals surface area contributed by atoms with Crippen LogP contribution in [-0.2, 0) is 0 Å². The van der Waals surface area contributed by atoms with E-state index in [2.05, 4.69) is 0 Å². The van der Waals surface area contributed by atoms with Crippen LogP contribution in [0.15, 0.2) is 17.0 Å². The van der Waals surface area contributed by atoms with E-state index in [-0.39, 0.29) is 5.69 Å². The first kappa shape index (κ1) is 9.85. The largest absolute Gasteiger partial charge is 0.478 e. The lowest BCUT2D eigenvalue weighted by Gasteiger charge is -2.04. The summed E-state index contributed by atoms with van der Waals surface area (Å²) in [5.41, 5.74) is 5.38. The third-order valence-corrected chi connectivity index (χ3v) is 2.34. The Bertz CT molecular complexity index is 354. The van der Waals surface area contributed by atoms with Crippen molar-refractivity contribution in [3.05, 3.63) is 23.5 Å². The highest BCUT2D eigenvalue weighted by atomic mass is 32.2. The Hall–Kier alpha value is -1.23. The Kier molecular flexibility index (Phi) is 2.77. The van der Waals surface area contributed by atoms with Crippen molar-refractivity contribution >= 4 is 23.4 Å². The summed E-state index contributed by atoms with van der Waals surface area (Å²) in [5.74, 6) is -2.07. The van der Waals surface area contributed by atoms with Crippen LogP contribution in [0, 0.1) is 5.82 Å². The molecule has 70 valence electrons. The topological polar surface area (TPSA) is 63.3 Å². The van der Waals surface area contributed by atoms with Crippen LogP contribution in [0.5, 0.6) is 0 Å². The fraction of sp³-hybridized carbons (Fsp3) is 0.125. The maximum Gasteiger partial charge on any atom is 0.338 e. The van der Waals surface area contributed by atoms with Gasteiger partial charge in [-0.05, 0) is 18.4 Å². The van der Waals surface area contributed by atoms with Gasteiger partial charge in [-0.1, -0.05) is 0 Å². The van der Waals surface area contributed by atoms with Crippen molar-refractivity contribution in [2.75, 3.05) is 12.0 Å². The number of benzene rings is 1. The number of rotatable bonds is 2. The summed E-state index contributed by atoms with van der Waals surface area (Å²) >= 11 is 1.27. The van der Waals surface area contributed by atoms with Crippen LogP contribution in [0.2, 0.25) is 0 Å². The third kappa shape index (κ3) is 1.92. The van der Waals surface area contributed by atoms with E-state index in [0.717, 1.165) is 12.1 Å². The van der Waals surface area contributed by atoms with Crippen LogP contribution >= 0.6 is 11.8 Å². The van der Waals surface area contributed by atoms with Crippen molar-refractivity contribution in [2.24, 2.45) is 0 Å². The van der Waals surface area contributed by atoms with Gasteiger partial charge in [-0.25, -0.2) is 9.18 Å². The predicted octanol–water partition coefficient (Wildman–Crippen LogP) is 1.83. The number of halogens is 1. The zero-order valence-electron chi connectivity index (χ0n) is 6.87. The summed E-state index contributed by atoms with van der Waals surface area (Å²) in [6.07, 6.45) is 1.74. The molecule has 0 aromatic heterocycles. The monoisotopic (exact) mass is 201 g/mol. The number of hydrogen-bond acceptors (Lipinski definition) is 3. The molecule has 0 spiro atoms. The molecule has 0 aliphatic carbocycles. The Morgan fingerprint density at radius 3 is 2.69 bits per heavy atom. The molecule has 1 aromatic carbocycles. The Balaban J connectivity index is 3.28. The minimum absolute atomic E-state index is 0.284. The molecule has 0 amide bonds. The highest BCUT2D eigenvalue weighted by Gasteiger charge is 2.12. The van der Waals surface area contributed by atoms with Gasteiger partial charge in [0, 0.05) is 10.6 Å². The number of thioether (sulfide) groups is 1. The molecule has 0 aliphatic rings. The van der Waals surface area contributed by atoms with E-state index in [1.54, 1.807) is 6.26 Å². The highest BCUT2D eigenvalue weighted by Crippen LogP contribution is 2.25. The fourth-order valence-corrected chi connectivity index (χ4v) is 1.43. The lowest BCUT2D eigenvalue weighted by Crippen LogP contribution is -2.02. The van der Waals surface area contributed by atoms with Crippen LogP contribution in [0.1, 0.15) is 10.4 Å². The lowest BCUT2D eigenvalue weighted by molar-refractivity contribution is 0.0692. The first-order valence-electron chi connectivity index (χ1n) is 3.42. The van der Waals surface area contributed by atoms with Crippen molar-refractivity contribution in [2.45, 2.75) is 4.90 Å². The Morgan fingerprint density at radius 2 is 2.23 bits per heavy atom. The molecule has 1 aromatic rings. The van der Waals surface area contributed by atoms with E-state index in [1.807, 2.05) is 0 Å². The molecule has 0 heterocycles. The summed E-state index contributed by atoms with van der Waals surface area (Å²) in [5, 5.41) is 8.55. The summed E-state index contributed by atoms with van der Waals surface area (Å²) < 4.78 is 13.0. The van der Waals surface area contributed by atoms with Crippen molar-refractivity contribution in [3.63, 3.8) is 0 Å². The van der Waals surface area contributed by atoms with Crippen LogP contribution in [0.25, 0.3) is 0 Å². The molecule has 5 heteroatoms. The van der Waals surface area contributed by atoms with Crippen molar-refractivity contribution in [1.82, 2.24) is 0 Å². The second-order valence-corrected chi connectivity index (χ2v) is 3.23. The first-order chi connectivity index (χ1) is 6.06. The molecule has 0 fully saturated rings. The number of nitrogen functional groups attached to an aromatic ring is 1. The Labute approximate surface area is 78.7 Å². The summed E-state index contributed by atoms with van der Waals surface area (Å²) in [7, 11) is 0. The van der Waals surface area contributed by atoms with E-state index in [9.17, 15) is 9.18 Å². The van der Waals surface area contributed by atoms with Gasteiger partial charge in [-0.15, -0.1) is 11.8 Å². The average Bonchev–Trinajstić information content (AvgIpc) is 2.07. The fourth-order valence-electron chi connectivity index (χ4n) is 0.912. The molecular weight excluding hydrogens is 193 g/mol. The molecular formula is C8H8FNO2S. The van der Waals surface area contributed by atoms with E-state index in [1.165, 1.54) is 11.8 Å². The van der Waals surface area contributed by atoms with Crippen LogP contribution in [0.4, 0.5) is 10.1 Å². The number of carboxylic acid groups (broad SMARTS) is 1. The summed E-state index contributed by atoms with van der Waals surface area (Å²) in [6.45, 7) is 0. The minimum atomic E-state index is -1.31. The van der Waals surface area contributed by atoms with E-state index in [4.69, 9.17) is 10.8 Å². The maximum atomic E-state index is 13.0. The zero-order valence-corrected chi connectivity index (χ0v) is 7.69. The van der Waals surface area contributed by atoms with E-state index >= 15 is 0 Å². The molecule has 0 radical (unpaired) electrons. The average molecular weight is 201 g/mol. The predicted molar refractivity (Wildman–Crippen MR) is 49.6 cm³/mol. The second-order valence-electron chi connectivity index (χ2n) is 2.38. The standard InChI is InChI=1S/C8H8FNO2S/c1-13-7-3-5(9)4(8(11)12)2-6(7)10/h2-3H,10H2,1H3,(H,11,12). The lowest BCUT2D eigenvalue weighted by atomic mass is 10.2.